The van der Waals surface area contributed by atoms with Crippen LogP contribution in [0.25, 0.3) is 0 Å². The minimum Gasteiger partial charge on any atom is -0.390 e. The highest BCUT2D eigenvalue weighted by molar-refractivity contribution is 14.2. The first kappa shape index (κ1) is 26.9. The Balaban J connectivity index is 2.56. The van der Waals surface area contributed by atoms with Gasteiger partial charge in [0.1, 0.15) is 21.7 Å². The molecule has 1 unspecified atom stereocenters. The van der Waals surface area contributed by atoms with Gasteiger partial charge in [-0.15, -0.1) is 15.7 Å². The molecule has 0 bridgehead atoms. The van der Waals surface area contributed by atoms with Gasteiger partial charge in [-0.1, -0.05) is 27.7 Å². The second-order valence-electron chi connectivity index (χ2n) is 8.64. The summed E-state index contributed by atoms with van der Waals surface area (Å²) >= 11 is 2.60. The van der Waals surface area contributed by atoms with E-state index in [0.717, 1.165) is 28.0 Å². The maximum absolute atomic E-state index is 13.4. The molecule has 0 saturated carbocycles. The van der Waals surface area contributed by atoms with Crippen molar-refractivity contribution in [1.82, 2.24) is 4.98 Å². The number of aliphatic hydroxyl groups excluding tert-OH is 1. The van der Waals surface area contributed by atoms with Crippen LogP contribution in [0.1, 0.15) is 86.3 Å². The normalized spacial score (nSPS) is 13.8. The number of carbonyl (C=O) groups is 1. The molecule has 0 radical (unpaired) electrons. The highest BCUT2D eigenvalue weighted by Gasteiger charge is 2.28. The van der Waals surface area contributed by atoms with E-state index in [0.29, 0.717) is 10.6 Å². The number of hydrogen-bond donors (Lipinski definition) is 2. The van der Waals surface area contributed by atoms with Gasteiger partial charge in [0, 0.05) is 0 Å². The lowest BCUT2D eigenvalue weighted by Crippen LogP contribution is -2.14. The minimum absolute atomic E-state index is 0.0433. The van der Waals surface area contributed by atoms with E-state index in [1.807, 2.05) is 27.7 Å². The molecule has 2 N–H and O–H groups in total. The van der Waals surface area contributed by atoms with Crippen molar-refractivity contribution in [3.63, 3.8) is 0 Å². The van der Waals surface area contributed by atoms with E-state index in [1.165, 1.54) is 0 Å². The quantitative estimate of drug-likeness (QED) is 0.349. The van der Waals surface area contributed by atoms with Crippen LogP contribution in [0.15, 0.2) is 20.7 Å². The monoisotopic (exact) mass is 589 g/mol. The van der Waals surface area contributed by atoms with E-state index in [9.17, 15) is 24.5 Å². The number of amides is 1. The molecule has 2 aromatic rings. The molecule has 0 aliphatic heterocycles. The maximum atomic E-state index is 13.4. The molecule has 32 heavy (non-hydrogen) atoms. The zero-order chi connectivity index (χ0) is 24.4. The number of aliphatic hydroxyl groups is 2. The number of thiazole rings is 1. The number of carbonyl (C=O) groups excluding carboxylic acids is 1. The first-order chi connectivity index (χ1) is 14.7. The average Bonchev–Trinajstić information content (AvgIpc) is 3.13. The van der Waals surface area contributed by atoms with Gasteiger partial charge in [0.05, 0.1) is 51.6 Å². The summed E-state index contributed by atoms with van der Waals surface area (Å²) in [5.41, 5.74) is 2.01. The van der Waals surface area contributed by atoms with E-state index >= 15 is 0 Å². The average molecular weight is 590 g/mol. The van der Waals surface area contributed by atoms with Gasteiger partial charge in [-0.25, -0.2) is 9.19 Å². The minimum atomic E-state index is -3.21. The second-order valence-corrected chi connectivity index (χ2v) is 15.0. The fourth-order valence-corrected chi connectivity index (χ4v) is 7.88. The molecule has 0 saturated heterocycles. The molecule has 1 atom stereocenters. The summed E-state index contributed by atoms with van der Waals surface area (Å²) in [4.78, 5) is 17.1. The van der Waals surface area contributed by atoms with Gasteiger partial charge in [0.15, 0.2) is 0 Å². The zero-order valence-corrected chi connectivity index (χ0v) is 22.8. The Morgan fingerprint density at radius 3 is 2.22 bits per heavy atom. The number of benzene rings is 1. The van der Waals surface area contributed by atoms with Crippen molar-refractivity contribution in [2.75, 3.05) is 0 Å². The summed E-state index contributed by atoms with van der Waals surface area (Å²) in [6, 6.07) is 5.77. The SMILES string of the molecule is CC(C)c1cc(C#N)cc(C(C)C)c1CC(=O)N=S(=O)(I)c1sc(C(C)(C)O)nc1CO. The van der Waals surface area contributed by atoms with Crippen molar-refractivity contribution in [3.8, 4) is 6.07 Å². The van der Waals surface area contributed by atoms with Crippen LogP contribution >= 0.6 is 32.5 Å². The molecule has 7 nitrogen and oxygen atoms in total. The molecule has 0 fully saturated rings. The van der Waals surface area contributed by atoms with Gasteiger partial charge in [-0.3, -0.25) is 4.79 Å². The Morgan fingerprint density at radius 1 is 1.28 bits per heavy atom. The Morgan fingerprint density at radius 2 is 1.81 bits per heavy atom. The summed E-state index contributed by atoms with van der Waals surface area (Å²) in [6.45, 7) is 7.38. The highest BCUT2D eigenvalue weighted by atomic mass is 127. The topological polar surface area (TPSA) is 124 Å². The van der Waals surface area contributed by atoms with Crippen molar-refractivity contribution in [1.29, 1.82) is 5.26 Å². The summed E-state index contributed by atoms with van der Waals surface area (Å²) in [5.74, 6) is -0.381. The Bertz CT molecular complexity index is 1150. The van der Waals surface area contributed by atoms with Gasteiger partial charge >= 0.3 is 0 Å². The molecule has 0 spiro atoms. The number of aromatic nitrogens is 1. The number of hydrogen-bond acceptors (Lipinski definition) is 7. The van der Waals surface area contributed by atoms with Crippen LogP contribution in [0.2, 0.25) is 0 Å². The molecule has 2 rings (SSSR count). The van der Waals surface area contributed by atoms with Gasteiger partial charge in [-0.05, 0) is 54.5 Å². The third kappa shape index (κ3) is 6.14. The van der Waals surface area contributed by atoms with Gasteiger partial charge in [0.2, 0.25) is 0 Å². The van der Waals surface area contributed by atoms with Crippen LogP contribution in [0.4, 0.5) is 0 Å². The van der Waals surface area contributed by atoms with Crippen molar-refractivity contribution in [2.45, 2.75) is 76.2 Å². The summed E-state index contributed by atoms with van der Waals surface area (Å²) in [6.07, 6.45) is -0.0433. The van der Waals surface area contributed by atoms with Crippen LogP contribution in [-0.4, -0.2) is 25.3 Å². The molecular weight excluding hydrogens is 561 g/mol. The van der Waals surface area contributed by atoms with E-state index < -0.39 is 25.0 Å². The van der Waals surface area contributed by atoms with E-state index in [-0.39, 0.29) is 28.2 Å². The fraction of sp³-hybridized carbons (Fsp3) is 0.500. The van der Waals surface area contributed by atoms with Crippen LogP contribution in [0.5, 0.6) is 0 Å². The predicted octanol–water partition coefficient (Wildman–Crippen LogP) is 4.93. The smallest absolute Gasteiger partial charge is 0.259 e. The molecule has 10 heteroatoms. The number of nitriles is 1. The first-order valence-electron chi connectivity index (χ1n) is 10.1. The number of rotatable bonds is 7. The fourth-order valence-electron chi connectivity index (χ4n) is 3.27. The van der Waals surface area contributed by atoms with Crippen LogP contribution in [-0.2, 0) is 30.3 Å². The summed E-state index contributed by atoms with van der Waals surface area (Å²) < 4.78 is 17.6. The summed E-state index contributed by atoms with van der Waals surface area (Å²) in [5, 5.41) is 29.6. The second kappa shape index (κ2) is 10.3. The van der Waals surface area contributed by atoms with Gasteiger partial charge in [0.25, 0.3) is 5.91 Å². The first-order valence-corrected chi connectivity index (χ1v) is 15.0. The predicted molar refractivity (Wildman–Crippen MR) is 134 cm³/mol. The molecule has 1 amide bonds. The largest absolute Gasteiger partial charge is 0.390 e. The van der Waals surface area contributed by atoms with Crippen molar-refractivity contribution < 1.29 is 19.2 Å². The van der Waals surface area contributed by atoms with Crippen LogP contribution in [0.3, 0.4) is 0 Å². The lowest BCUT2D eigenvalue weighted by molar-refractivity contribution is -0.117. The molecule has 0 aliphatic rings. The molecule has 1 heterocycles. The number of nitrogens with zero attached hydrogens (tertiary/aromatic N) is 3. The lowest BCUT2D eigenvalue weighted by Gasteiger charge is -2.19. The Kier molecular flexibility index (Phi) is 8.61. The van der Waals surface area contributed by atoms with Crippen LogP contribution in [0, 0.1) is 11.3 Å². The molecule has 1 aromatic carbocycles. The Hall–Kier alpha value is -1.39. The molecule has 174 valence electrons. The van der Waals surface area contributed by atoms with Crippen molar-refractivity contribution in [2.24, 2.45) is 4.36 Å². The van der Waals surface area contributed by atoms with Crippen molar-refractivity contribution in [3.05, 3.63) is 45.1 Å². The van der Waals surface area contributed by atoms with Crippen molar-refractivity contribution >= 4 is 45.3 Å². The van der Waals surface area contributed by atoms with E-state index in [1.54, 1.807) is 47.2 Å². The molecule has 0 aliphatic carbocycles. The molecule has 1 aromatic heterocycles. The summed E-state index contributed by atoms with van der Waals surface area (Å²) in [7, 11) is 0. The van der Waals surface area contributed by atoms with E-state index in [4.69, 9.17) is 0 Å². The Labute approximate surface area is 205 Å². The third-order valence-corrected chi connectivity index (χ3v) is 10.9. The third-order valence-electron chi connectivity index (χ3n) is 4.80. The molecular formula is C22H28IN3O4S2. The van der Waals surface area contributed by atoms with Crippen LogP contribution < -0.4 is 0 Å². The van der Waals surface area contributed by atoms with Gasteiger partial charge < -0.3 is 10.2 Å². The van der Waals surface area contributed by atoms with E-state index in [2.05, 4.69) is 15.4 Å². The lowest BCUT2D eigenvalue weighted by atomic mass is 9.85. The number of halogens is 1. The highest BCUT2D eigenvalue weighted by Crippen LogP contribution is 2.36. The zero-order valence-electron chi connectivity index (χ0n) is 19.0. The maximum Gasteiger partial charge on any atom is 0.259 e. The van der Waals surface area contributed by atoms with Gasteiger partial charge in [-0.2, -0.15) is 5.26 Å². The standard InChI is InChI=1S/C22H28IN3O4S2/c1-12(2)15-7-14(10-24)8-16(13(3)4)17(15)9-19(28)26-32(23,30)20-18(11-27)25-21(31-20)22(5,6)29/h7-8,12-13,27,29H,9,11H2,1-6H3.